The van der Waals surface area contributed by atoms with Gasteiger partial charge < -0.3 is 5.11 Å². The van der Waals surface area contributed by atoms with Crippen molar-refractivity contribution >= 4 is 11.8 Å². The van der Waals surface area contributed by atoms with Gasteiger partial charge in [0, 0.05) is 18.8 Å². The predicted octanol–water partition coefficient (Wildman–Crippen LogP) is 2.78. The minimum Gasteiger partial charge on any atom is -0.481 e. The van der Waals surface area contributed by atoms with E-state index in [2.05, 4.69) is 0 Å². The Hall–Kier alpha value is -0.860. The minimum atomic E-state index is -0.709. The first-order chi connectivity index (χ1) is 7.20. The summed E-state index contributed by atoms with van der Waals surface area (Å²) in [6.07, 6.45) is 8.10. The average Bonchev–Trinajstić information content (AvgIpc) is 2.98. The van der Waals surface area contributed by atoms with Crippen molar-refractivity contribution in [2.24, 2.45) is 5.92 Å². The van der Waals surface area contributed by atoms with Gasteiger partial charge in [0.25, 0.3) is 0 Å². The molecule has 0 saturated heterocycles. The second-order valence-corrected chi connectivity index (χ2v) is 4.40. The first-order valence-electron chi connectivity index (χ1n) is 5.94. The highest BCUT2D eigenvalue weighted by molar-refractivity contribution is 5.82. The van der Waals surface area contributed by atoms with E-state index in [9.17, 15) is 9.59 Å². The molecule has 0 radical (unpaired) electrons. The van der Waals surface area contributed by atoms with Gasteiger partial charge in [-0.3, -0.25) is 9.59 Å². The SMILES string of the molecule is O=C(O)CCCCCCCC(=O)C1CC1. The van der Waals surface area contributed by atoms with Gasteiger partial charge in [0.2, 0.25) is 0 Å². The fourth-order valence-corrected chi connectivity index (χ4v) is 1.72. The summed E-state index contributed by atoms with van der Waals surface area (Å²) in [6, 6.07) is 0. The quantitative estimate of drug-likeness (QED) is 0.598. The molecule has 0 heterocycles. The highest BCUT2D eigenvalue weighted by Crippen LogP contribution is 2.31. The molecule has 1 rings (SSSR count). The van der Waals surface area contributed by atoms with Gasteiger partial charge in [-0.05, 0) is 25.7 Å². The van der Waals surface area contributed by atoms with Crippen molar-refractivity contribution in [2.75, 3.05) is 0 Å². The first-order valence-corrected chi connectivity index (χ1v) is 5.94. The molecule has 1 aliphatic rings. The number of aliphatic carboxylic acids is 1. The molecule has 0 atom stereocenters. The van der Waals surface area contributed by atoms with E-state index in [0.29, 0.717) is 11.7 Å². The summed E-state index contributed by atoms with van der Waals surface area (Å²) in [5.74, 6) is 0.136. The minimum absolute atomic E-state index is 0.279. The Labute approximate surface area is 90.9 Å². The Morgan fingerprint density at radius 2 is 1.47 bits per heavy atom. The predicted molar refractivity (Wildman–Crippen MR) is 57.7 cm³/mol. The standard InChI is InChI=1S/C12H20O3/c13-11(10-8-9-10)6-4-2-1-3-5-7-12(14)15/h10H,1-9H2,(H,14,15). The topological polar surface area (TPSA) is 54.4 Å². The van der Waals surface area contributed by atoms with Crippen LogP contribution in [0.15, 0.2) is 0 Å². The number of ketones is 1. The van der Waals surface area contributed by atoms with Crippen LogP contribution < -0.4 is 0 Å². The third-order valence-corrected chi connectivity index (χ3v) is 2.85. The van der Waals surface area contributed by atoms with E-state index in [0.717, 1.165) is 51.4 Å². The molecule has 0 amide bonds. The van der Waals surface area contributed by atoms with Crippen molar-refractivity contribution in [1.29, 1.82) is 0 Å². The van der Waals surface area contributed by atoms with Gasteiger partial charge in [-0.15, -0.1) is 0 Å². The van der Waals surface area contributed by atoms with E-state index in [1.54, 1.807) is 0 Å². The molecule has 86 valence electrons. The number of carboxylic acids is 1. The highest BCUT2D eigenvalue weighted by Gasteiger charge is 2.28. The summed E-state index contributed by atoms with van der Waals surface area (Å²) in [6.45, 7) is 0. The van der Waals surface area contributed by atoms with Crippen LogP contribution in [0.2, 0.25) is 0 Å². The smallest absolute Gasteiger partial charge is 0.303 e. The molecule has 1 aliphatic carbocycles. The van der Waals surface area contributed by atoms with Crippen LogP contribution in [0.3, 0.4) is 0 Å². The zero-order valence-corrected chi connectivity index (χ0v) is 9.21. The van der Waals surface area contributed by atoms with E-state index in [4.69, 9.17) is 5.11 Å². The van der Waals surface area contributed by atoms with Crippen LogP contribution in [0.4, 0.5) is 0 Å². The van der Waals surface area contributed by atoms with Crippen molar-refractivity contribution in [2.45, 2.75) is 57.8 Å². The number of unbranched alkanes of at least 4 members (excludes halogenated alkanes) is 4. The second-order valence-electron chi connectivity index (χ2n) is 4.40. The Kier molecular flexibility index (Phi) is 5.37. The van der Waals surface area contributed by atoms with Crippen LogP contribution >= 0.6 is 0 Å². The Morgan fingerprint density at radius 3 is 2.00 bits per heavy atom. The van der Waals surface area contributed by atoms with Gasteiger partial charge in [-0.25, -0.2) is 0 Å². The molecule has 0 aromatic carbocycles. The molecule has 1 fully saturated rings. The first kappa shape index (κ1) is 12.2. The number of carbonyl (C=O) groups excluding carboxylic acids is 1. The van der Waals surface area contributed by atoms with Crippen LogP contribution in [0.5, 0.6) is 0 Å². The molecule has 0 aromatic rings. The van der Waals surface area contributed by atoms with Gasteiger partial charge in [0.1, 0.15) is 5.78 Å². The van der Waals surface area contributed by atoms with Crippen LogP contribution in [0, 0.1) is 5.92 Å². The Balaban J connectivity index is 1.80. The van der Waals surface area contributed by atoms with Gasteiger partial charge in [-0.2, -0.15) is 0 Å². The number of hydrogen-bond acceptors (Lipinski definition) is 2. The lowest BCUT2D eigenvalue weighted by Gasteiger charge is -1.99. The van der Waals surface area contributed by atoms with Crippen molar-refractivity contribution < 1.29 is 14.7 Å². The maximum atomic E-state index is 11.3. The average molecular weight is 212 g/mol. The molecule has 15 heavy (non-hydrogen) atoms. The molecule has 0 unspecified atom stereocenters. The van der Waals surface area contributed by atoms with E-state index in [1.165, 1.54) is 0 Å². The van der Waals surface area contributed by atoms with Gasteiger partial charge in [0.05, 0.1) is 0 Å². The monoisotopic (exact) mass is 212 g/mol. The second kappa shape index (κ2) is 6.59. The number of rotatable bonds is 9. The maximum Gasteiger partial charge on any atom is 0.303 e. The summed E-state index contributed by atoms with van der Waals surface area (Å²) in [7, 11) is 0. The normalized spacial score (nSPS) is 15.2. The molecule has 1 N–H and O–H groups in total. The van der Waals surface area contributed by atoms with Crippen LogP contribution in [-0.4, -0.2) is 16.9 Å². The molecular formula is C12H20O3. The lowest BCUT2D eigenvalue weighted by atomic mass is 10.1. The highest BCUT2D eigenvalue weighted by atomic mass is 16.4. The van der Waals surface area contributed by atoms with Gasteiger partial charge >= 0.3 is 5.97 Å². The summed E-state index contributed by atoms with van der Waals surface area (Å²) in [5.41, 5.74) is 0. The number of carbonyl (C=O) groups is 2. The molecule has 0 bridgehead atoms. The molecule has 0 aliphatic heterocycles. The Morgan fingerprint density at radius 1 is 0.933 bits per heavy atom. The van der Waals surface area contributed by atoms with Crippen molar-refractivity contribution in [1.82, 2.24) is 0 Å². The van der Waals surface area contributed by atoms with E-state index < -0.39 is 5.97 Å². The molecule has 0 spiro atoms. The third-order valence-electron chi connectivity index (χ3n) is 2.85. The molecule has 1 saturated carbocycles. The fourth-order valence-electron chi connectivity index (χ4n) is 1.72. The van der Waals surface area contributed by atoms with Crippen molar-refractivity contribution in [3.05, 3.63) is 0 Å². The zero-order chi connectivity index (χ0) is 11.1. The van der Waals surface area contributed by atoms with E-state index in [1.807, 2.05) is 0 Å². The van der Waals surface area contributed by atoms with E-state index >= 15 is 0 Å². The lowest BCUT2D eigenvalue weighted by molar-refractivity contribution is -0.137. The Bertz CT molecular complexity index is 219. The van der Waals surface area contributed by atoms with Crippen molar-refractivity contribution in [3.63, 3.8) is 0 Å². The van der Waals surface area contributed by atoms with Crippen LogP contribution in [-0.2, 0) is 9.59 Å². The summed E-state index contributed by atoms with van der Waals surface area (Å²) in [4.78, 5) is 21.5. The molecule has 3 heteroatoms. The summed E-state index contributed by atoms with van der Waals surface area (Å²) in [5, 5.41) is 8.41. The fraction of sp³-hybridized carbons (Fsp3) is 0.833. The summed E-state index contributed by atoms with van der Waals surface area (Å²) < 4.78 is 0. The zero-order valence-electron chi connectivity index (χ0n) is 9.21. The van der Waals surface area contributed by atoms with Crippen LogP contribution in [0.25, 0.3) is 0 Å². The van der Waals surface area contributed by atoms with Gasteiger partial charge in [-0.1, -0.05) is 19.3 Å². The largest absolute Gasteiger partial charge is 0.481 e. The maximum absolute atomic E-state index is 11.3. The third kappa shape index (κ3) is 6.26. The van der Waals surface area contributed by atoms with Gasteiger partial charge in [0.15, 0.2) is 0 Å². The molecular weight excluding hydrogens is 192 g/mol. The van der Waals surface area contributed by atoms with Crippen LogP contribution in [0.1, 0.15) is 57.8 Å². The molecule has 3 nitrogen and oxygen atoms in total. The lowest BCUT2D eigenvalue weighted by Crippen LogP contribution is -1.99. The van der Waals surface area contributed by atoms with E-state index in [-0.39, 0.29) is 6.42 Å². The number of hydrogen-bond donors (Lipinski definition) is 1. The number of Topliss-reactive ketones (excluding diaryl/α,β-unsaturated/α-hetero) is 1. The molecule has 0 aromatic heterocycles. The number of carboxylic acid groups (broad SMARTS) is 1. The summed E-state index contributed by atoms with van der Waals surface area (Å²) >= 11 is 0. The van der Waals surface area contributed by atoms with Crippen molar-refractivity contribution in [3.8, 4) is 0 Å².